The van der Waals surface area contributed by atoms with Crippen LogP contribution in [-0.4, -0.2) is 24.7 Å². The maximum Gasteiger partial charge on any atom is 0.306 e. The van der Waals surface area contributed by atoms with Gasteiger partial charge in [-0.25, -0.2) is 0 Å². The normalized spacial score (nSPS) is 47.2. The first-order chi connectivity index (χ1) is 8.57. The van der Waals surface area contributed by atoms with Gasteiger partial charge in [-0.3, -0.25) is 4.79 Å². The monoisotopic (exact) mass is 251 g/mol. The summed E-state index contributed by atoms with van der Waals surface area (Å²) in [7, 11) is 1.97. The second kappa shape index (κ2) is 4.22. The Labute approximate surface area is 109 Å². The lowest BCUT2D eigenvalue weighted by Crippen LogP contribution is -2.60. The molecular weight excluding hydrogens is 226 g/mol. The van der Waals surface area contributed by atoms with Crippen LogP contribution >= 0.6 is 0 Å². The third-order valence-electron chi connectivity index (χ3n) is 6.32. The highest BCUT2D eigenvalue weighted by atomic mass is 16.4. The Morgan fingerprint density at radius 3 is 2.11 bits per heavy atom. The highest BCUT2D eigenvalue weighted by Crippen LogP contribution is 2.64. The summed E-state index contributed by atoms with van der Waals surface area (Å²) in [6.45, 7) is 2.83. The van der Waals surface area contributed by atoms with Gasteiger partial charge in [0, 0.05) is 12.0 Å². The molecule has 2 N–H and O–H groups in total. The van der Waals surface area contributed by atoms with Crippen LogP contribution in [0.15, 0.2) is 0 Å². The lowest BCUT2D eigenvalue weighted by molar-refractivity contribution is -0.169. The zero-order valence-electron chi connectivity index (χ0n) is 11.5. The number of carboxylic acids is 1. The molecule has 0 aromatic carbocycles. The third-order valence-corrected chi connectivity index (χ3v) is 6.32. The maximum absolute atomic E-state index is 11.6. The first kappa shape index (κ1) is 12.5. The molecule has 1 atom stereocenters. The topological polar surface area (TPSA) is 49.3 Å². The van der Waals surface area contributed by atoms with Gasteiger partial charge in [0.1, 0.15) is 0 Å². The molecule has 0 aromatic rings. The molecule has 0 aliphatic heterocycles. The zero-order chi connectivity index (χ0) is 12.9. The summed E-state index contributed by atoms with van der Waals surface area (Å²) < 4.78 is 0. The predicted molar refractivity (Wildman–Crippen MR) is 70.2 cm³/mol. The number of carbonyl (C=O) groups is 1. The van der Waals surface area contributed by atoms with E-state index in [9.17, 15) is 9.90 Å². The number of aliphatic carboxylic acids is 1. The predicted octanol–water partition coefficient (Wildman–Crippen LogP) is 2.37. The fourth-order valence-corrected chi connectivity index (χ4v) is 5.75. The molecule has 102 valence electrons. The molecule has 4 bridgehead atoms. The highest BCUT2D eigenvalue weighted by molar-refractivity contribution is 5.71. The quantitative estimate of drug-likeness (QED) is 0.806. The number of nitrogens with one attached hydrogen (secondary N) is 1. The first-order valence-electron chi connectivity index (χ1n) is 7.45. The number of hydrogen-bond acceptors (Lipinski definition) is 2. The molecule has 4 aliphatic rings. The van der Waals surface area contributed by atoms with Crippen LogP contribution in [0.25, 0.3) is 0 Å². The lowest BCUT2D eigenvalue weighted by atomic mass is 9.42. The van der Waals surface area contributed by atoms with Crippen molar-refractivity contribution in [3.63, 3.8) is 0 Å². The molecule has 18 heavy (non-hydrogen) atoms. The van der Waals surface area contributed by atoms with Gasteiger partial charge in [0.05, 0.1) is 5.92 Å². The van der Waals surface area contributed by atoms with Gasteiger partial charge >= 0.3 is 5.97 Å². The third kappa shape index (κ3) is 1.56. The van der Waals surface area contributed by atoms with E-state index in [0.717, 1.165) is 18.4 Å². The molecule has 1 unspecified atom stereocenters. The molecule has 0 amide bonds. The van der Waals surface area contributed by atoms with E-state index in [1.165, 1.54) is 32.1 Å². The molecule has 0 aromatic heterocycles. The fourth-order valence-electron chi connectivity index (χ4n) is 5.75. The van der Waals surface area contributed by atoms with Crippen molar-refractivity contribution in [2.45, 2.75) is 39.0 Å². The Balaban J connectivity index is 1.96. The van der Waals surface area contributed by atoms with Gasteiger partial charge in [-0.2, -0.15) is 0 Å². The van der Waals surface area contributed by atoms with Gasteiger partial charge in [0.15, 0.2) is 0 Å². The zero-order valence-corrected chi connectivity index (χ0v) is 11.5. The van der Waals surface area contributed by atoms with E-state index in [1.807, 2.05) is 14.0 Å². The van der Waals surface area contributed by atoms with E-state index < -0.39 is 5.97 Å². The molecule has 4 saturated carbocycles. The first-order valence-corrected chi connectivity index (χ1v) is 7.45. The van der Waals surface area contributed by atoms with E-state index in [0.29, 0.717) is 11.8 Å². The number of carboxylic acid groups (broad SMARTS) is 1. The minimum atomic E-state index is -0.599. The highest BCUT2D eigenvalue weighted by Gasteiger charge is 2.60. The lowest BCUT2D eigenvalue weighted by Gasteiger charge is -2.63. The summed E-state index contributed by atoms with van der Waals surface area (Å²) in [5, 5.41) is 12.8. The van der Waals surface area contributed by atoms with Gasteiger partial charge in [0.25, 0.3) is 0 Å². The smallest absolute Gasteiger partial charge is 0.306 e. The van der Waals surface area contributed by atoms with Crippen LogP contribution in [0.1, 0.15) is 39.0 Å². The van der Waals surface area contributed by atoms with Gasteiger partial charge < -0.3 is 10.4 Å². The second-order valence-electron chi connectivity index (χ2n) is 7.01. The Bertz CT molecular complexity index is 324. The number of hydrogen-bond donors (Lipinski definition) is 2. The summed E-state index contributed by atoms with van der Waals surface area (Å²) in [6.07, 6.45) is 6.56. The Hall–Kier alpha value is -0.570. The maximum atomic E-state index is 11.6. The largest absolute Gasteiger partial charge is 0.481 e. The fraction of sp³-hybridized carbons (Fsp3) is 0.933. The van der Waals surface area contributed by atoms with Crippen LogP contribution in [0.4, 0.5) is 0 Å². The molecule has 0 saturated heterocycles. The average molecular weight is 251 g/mol. The van der Waals surface area contributed by atoms with Crippen LogP contribution in [0, 0.1) is 35.0 Å². The van der Waals surface area contributed by atoms with E-state index in [-0.39, 0.29) is 11.3 Å². The standard InChI is InChI=1S/C15H25NO2/c1-9(14(17)18)15(8-16-2)12-4-10-3-11(6-12)7-13(15)5-10/h9-13,16H,3-8H2,1-2H3,(H,17,18). The molecule has 0 spiro atoms. The van der Waals surface area contributed by atoms with Crippen molar-refractivity contribution in [2.24, 2.45) is 35.0 Å². The summed E-state index contributed by atoms with van der Waals surface area (Å²) >= 11 is 0. The Kier molecular flexibility index (Phi) is 2.92. The molecule has 3 nitrogen and oxygen atoms in total. The summed E-state index contributed by atoms with van der Waals surface area (Å²) in [4.78, 5) is 11.6. The van der Waals surface area contributed by atoms with Gasteiger partial charge in [-0.05, 0) is 62.8 Å². The molecular formula is C15H25NO2. The SMILES string of the molecule is CNCC1(C(C)C(=O)O)C2CC3CC(C2)CC1C3. The van der Waals surface area contributed by atoms with Gasteiger partial charge in [-0.1, -0.05) is 6.92 Å². The van der Waals surface area contributed by atoms with E-state index >= 15 is 0 Å². The molecule has 3 heteroatoms. The Morgan fingerprint density at radius 1 is 1.22 bits per heavy atom. The van der Waals surface area contributed by atoms with Crippen molar-refractivity contribution in [2.75, 3.05) is 13.6 Å². The van der Waals surface area contributed by atoms with Crippen LogP contribution in [-0.2, 0) is 4.79 Å². The van der Waals surface area contributed by atoms with E-state index in [1.54, 1.807) is 0 Å². The van der Waals surface area contributed by atoms with Crippen LogP contribution < -0.4 is 5.32 Å². The minimum absolute atomic E-state index is 0.0218. The van der Waals surface area contributed by atoms with E-state index in [2.05, 4.69) is 5.32 Å². The summed E-state index contributed by atoms with van der Waals surface area (Å²) in [6, 6.07) is 0. The van der Waals surface area contributed by atoms with Crippen molar-refractivity contribution >= 4 is 5.97 Å². The van der Waals surface area contributed by atoms with Gasteiger partial charge in [0.2, 0.25) is 0 Å². The number of rotatable bonds is 4. The average Bonchev–Trinajstić information content (AvgIpc) is 2.32. The molecule has 0 radical (unpaired) electrons. The molecule has 4 rings (SSSR count). The van der Waals surface area contributed by atoms with Crippen molar-refractivity contribution in [3.8, 4) is 0 Å². The minimum Gasteiger partial charge on any atom is -0.481 e. The second-order valence-corrected chi connectivity index (χ2v) is 7.01. The van der Waals surface area contributed by atoms with E-state index in [4.69, 9.17) is 0 Å². The van der Waals surface area contributed by atoms with Crippen molar-refractivity contribution < 1.29 is 9.90 Å². The summed E-state index contributed by atoms with van der Waals surface area (Å²) in [5.74, 6) is 2.29. The van der Waals surface area contributed by atoms with Crippen LogP contribution in [0.3, 0.4) is 0 Å². The van der Waals surface area contributed by atoms with Crippen molar-refractivity contribution in [1.29, 1.82) is 0 Å². The van der Waals surface area contributed by atoms with Crippen molar-refractivity contribution in [3.05, 3.63) is 0 Å². The Morgan fingerprint density at radius 2 is 1.72 bits per heavy atom. The molecule has 4 fully saturated rings. The summed E-state index contributed by atoms with van der Waals surface area (Å²) in [5.41, 5.74) is 0.0218. The molecule has 0 heterocycles. The van der Waals surface area contributed by atoms with Gasteiger partial charge in [-0.15, -0.1) is 0 Å². The molecule has 4 aliphatic carbocycles. The van der Waals surface area contributed by atoms with Crippen LogP contribution in [0.2, 0.25) is 0 Å². The van der Waals surface area contributed by atoms with Crippen molar-refractivity contribution in [1.82, 2.24) is 5.32 Å². The van der Waals surface area contributed by atoms with Crippen LogP contribution in [0.5, 0.6) is 0 Å².